The largest absolute Gasteiger partial charge is 0.393 e. The fourth-order valence-corrected chi connectivity index (χ4v) is 2.72. The van der Waals surface area contributed by atoms with Gasteiger partial charge in [-0.25, -0.2) is 4.79 Å². The van der Waals surface area contributed by atoms with Crippen LogP contribution in [0.2, 0.25) is 0 Å². The minimum Gasteiger partial charge on any atom is -0.393 e. The van der Waals surface area contributed by atoms with E-state index in [9.17, 15) is 9.90 Å². The van der Waals surface area contributed by atoms with Gasteiger partial charge in [0.1, 0.15) is 0 Å². The van der Waals surface area contributed by atoms with Crippen molar-refractivity contribution in [3.63, 3.8) is 0 Å². The average molecular weight is 256 g/mol. The fourth-order valence-electron chi connectivity index (χ4n) is 2.72. The molecular weight excluding hydrogens is 232 g/mol. The SMILES string of the molecule is COC1(CNC(=O)NC2CCC(O)CC2)CCC1. The van der Waals surface area contributed by atoms with Crippen LogP contribution < -0.4 is 10.6 Å². The topological polar surface area (TPSA) is 70.6 Å². The van der Waals surface area contributed by atoms with Crippen molar-refractivity contribution in [2.24, 2.45) is 0 Å². The Hall–Kier alpha value is -0.810. The second kappa shape index (κ2) is 5.89. The molecule has 2 aliphatic rings. The summed E-state index contributed by atoms with van der Waals surface area (Å²) in [5, 5.41) is 15.3. The number of urea groups is 1. The van der Waals surface area contributed by atoms with Crippen LogP contribution in [0.15, 0.2) is 0 Å². The highest BCUT2D eigenvalue weighted by molar-refractivity contribution is 5.74. The van der Waals surface area contributed by atoms with Crippen LogP contribution in [0.1, 0.15) is 44.9 Å². The molecule has 0 saturated heterocycles. The van der Waals surface area contributed by atoms with E-state index in [1.165, 1.54) is 6.42 Å². The summed E-state index contributed by atoms with van der Waals surface area (Å²) in [5.74, 6) is 0. The monoisotopic (exact) mass is 256 g/mol. The molecule has 0 spiro atoms. The normalized spacial score (nSPS) is 30.3. The summed E-state index contributed by atoms with van der Waals surface area (Å²) in [6.45, 7) is 0.588. The molecule has 0 aromatic rings. The molecule has 2 rings (SSSR count). The molecule has 5 heteroatoms. The van der Waals surface area contributed by atoms with Crippen LogP contribution >= 0.6 is 0 Å². The number of aliphatic hydroxyl groups excluding tert-OH is 1. The standard InChI is InChI=1S/C13H24N2O3/c1-18-13(7-2-8-13)9-14-12(17)15-10-3-5-11(16)6-4-10/h10-11,16H,2-9H2,1H3,(H2,14,15,17). The molecule has 0 aromatic carbocycles. The molecule has 0 aromatic heterocycles. The summed E-state index contributed by atoms with van der Waals surface area (Å²) < 4.78 is 5.45. The molecule has 0 heterocycles. The summed E-state index contributed by atoms with van der Waals surface area (Å²) in [4.78, 5) is 11.8. The highest BCUT2D eigenvalue weighted by atomic mass is 16.5. The molecule has 2 fully saturated rings. The van der Waals surface area contributed by atoms with Gasteiger partial charge >= 0.3 is 6.03 Å². The maximum absolute atomic E-state index is 11.8. The van der Waals surface area contributed by atoms with Crippen LogP contribution in [0.5, 0.6) is 0 Å². The van der Waals surface area contributed by atoms with Gasteiger partial charge in [-0.1, -0.05) is 0 Å². The number of aliphatic hydroxyl groups is 1. The highest BCUT2D eigenvalue weighted by Gasteiger charge is 2.37. The van der Waals surface area contributed by atoms with Gasteiger partial charge < -0.3 is 20.5 Å². The number of amides is 2. The van der Waals surface area contributed by atoms with E-state index in [0.717, 1.165) is 38.5 Å². The smallest absolute Gasteiger partial charge is 0.315 e. The van der Waals surface area contributed by atoms with E-state index in [1.807, 2.05) is 0 Å². The quantitative estimate of drug-likeness (QED) is 0.707. The first kappa shape index (κ1) is 13.6. The lowest BCUT2D eigenvalue weighted by Crippen LogP contribution is -2.53. The van der Waals surface area contributed by atoms with E-state index in [1.54, 1.807) is 7.11 Å². The highest BCUT2D eigenvalue weighted by Crippen LogP contribution is 2.34. The number of rotatable bonds is 4. The Balaban J connectivity index is 1.66. The molecule has 0 unspecified atom stereocenters. The van der Waals surface area contributed by atoms with E-state index < -0.39 is 0 Å². The molecule has 2 saturated carbocycles. The molecule has 0 bridgehead atoms. The van der Waals surface area contributed by atoms with Crippen molar-refractivity contribution in [1.29, 1.82) is 0 Å². The molecule has 5 nitrogen and oxygen atoms in total. The molecule has 2 amide bonds. The van der Waals surface area contributed by atoms with E-state index in [4.69, 9.17) is 4.74 Å². The summed E-state index contributed by atoms with van der Waals surface area (Å²) in [6.07, 6.45) is 6.35. The average Bonchev–Trinajstić information content (AvgIpc) is 2.31. The first-order valence-electron chi connectivity index (χ1n) is 6.91. The fraction of sp³-hybridized carbons (Fsp3) is 0.923. The van der Waals surface area contributed by atoms with Gasteiger partial charge in [0.25, 0.3) is 0 Å². The summed E-state index contributed by atoms with van der Waals surface area (Å²) >= 11 is 0. The molecule has 0 radical (unpaired) electrons. The summed E-state index contributed by atoms with van der Waals surface area (Å²) in [7, 11) is 1.71. The molecule has 3 N–H and O–H groups in total. The third-order valence-electron chi connectivity index (χ3n) is 4.30. The molecular formula is C13H24N2O3. The second-order valence-corrected chi connectivity index (χ2v) is 5.57. The van der Waals surface area contributed by atoms with Crippen molar-refractivity contribution in [3.05, 3.63) is 0 Å². The van der Waals surface area contributed by atoms with Crippen molar-refractivity contribution in [1.82, 2.24) is 10.6 Å². The lowest BCUT2D eigenvalue weighted by molar-refractivity contribution is -0.0674. The van der Waals surface area contributed by atoms with Gasteiger partial charge in [0.15, 0.2) is 0 Å². The third-order valence-corrected chi connectivity index (χ3v) is 4.30. The van der Waals surface area contributed by atoms with Crippen LogP contribution in [-0.2, 0) is 4.74 Å². The number of hydrogen-bond acceptors (Lipinski definition) is 3. The Morgan fingerprint density at radius 3 is 2.50 bits per heavy atom. The van der Waals surface area contributed by atoms with Crippen LogP contribution in [0, 0.1) is 0 Å². The van der Waals surface area contributed by atoms with E-state index in [2.05, 4.69) is 10.6 Å². The third kappa shape index (κ3) is 3.36. The van der Waals surface area contributed by atoms with Gasteiger partial charge in [0.05, 0.1) is 11.7 Å². The minimum atomic E-state index is -0.183. The van der Waals surface area contributed by atoms with Crippen molar-refractivity contribution in [2.75, 3.05) is 13.7 Å². The number of nitrogens with one attached hydrogen (secondary N) is 2. The van der Waals surface area contributed by atoms with Crippen molar-refractivity contribution in [3.8, 4) is 0 Å². The summed E-state index contributed by atoms with van der Waals surface area (Å²) in [6, 6.07) is 0.0907. The van der Waals surface area contributed by atoms with Crippen LogP contribution in [0.4, 0.5) is 4.79 Å². The lowest BCUT2D eigenvalue weighted by Gasteiger charge is -2.40. The van der Waals surface area contributed by atoms with Crippen molar-refractivity contribution < 1.29 is 14.6 Å². The van der Waals surface area contributed by atoms with Gasteiger partial charge in [-0.05, 0) is 44.9 Å². The van der Waals surface area contributed by atoms with E-state index in [-0.39, 0.29) is 23.8 Å². The van der Waals surface area contributed by atoms with Gasteiger partial charge in [0, 0.05) is 19.7 Å². The van der Waals surface area contributed by atoms with Gasteiger partial charge in [-0.15, -0.1) is 0 Å². The minimum absolute atomic E-state index is 0.111. The van der Waals surface area contributed by atoms with Gasteiger partial charge in [-0.3, -0.25) is 0 Å². The Labute approximate surface area is 108 Å². The first-order chi connectivity index (χ1) is 8.63. The van der Waals surface area contributed by atoms with E-state index >= 15 is 0 Å². The lowest BCUT2D eigenvalue weighted by atomic mass is 9.80. The van der Waals surface area contributed by atoms with Crippen molar-refractivity contribution >= 4 is 6.03 Å². The van der Waals surface area contributed by atoms with Crippen LogP contribution in [-0.4, -0.2) is 42.5 Å². The predicted octanol–water partition coefficient (Wildman–Crippen LogP) is 1.16. The zero-order valence-electron chi connectivity index (χ0n) is 11.1. The van der Waals surface area contributed by atoms with Gasteiger partial charge in [-0.2, -0.15) is 0 Å². The Morgan fingerprint density at radius 1 is 1.33 bits per heavy atom. The number of ether oxygens (including phenoxy) is 1. The molecule has 0 aliphatic heterocycles. The number of carbonyl (C=O) groups excluding carboxylic acids is 1. The van der Waals surface area contributed by atoms with Crippen molar-refractivity contribution in [2.45, 2.75) is 62.7 Å². The number of hydrogen-bond donors (Lipinski definition) is 3. The van der Waals surface area contributed by atoms with Crippen LogP contribution in [0.3, 0.4) is 0 Å². The number of methoxy groups -OCH3 is 1. The summed E-state index contributed by atoms with van der Waals surface area (Å²) in [5.41, 5.74) is -0.125. The Bertz CT molecular complexity index is 278. The maximum atomic E-state index is 11.8. The molecule has 0 atom stereocenters. The zero-order chi connectivity index (χ0) is 13.0. The maximum Gasteiger partial charge on any atom is 0.315 e. The Morgan fingerprint density at radius 2 is 2.00 bits per heavy atom. The van der Waals surface area contributed by atoms with E-state index in [0.29, 0.717) is 6.54 Å². The number of carbonyl (C=O) groups is 1. The zero-order valence-corrected chi connectivity index (χ0v) is 11.1. The molecule has 18 heavy (non-hydrogen) atoms. The molecule has 2 aliphatic carbocycles. The first-order valence-corrected chi connectivity index (χ1v) is 6.91. The van der Waals surface area contributed by atoms with Crippen LogP contribution in [0.25, 0.3) is 0 Å². The second-order valence-electron chi connectivity index (χ2n) is 5.57. The predicted molar refractivity (Wildman–Crippen MR) is 68.4 cm³/mol. The Kier molecular flexibility index (Phi) is 4.45. The molecule has 104 valence electrons. The van der Waals surface area contributed by atoms with Gasteiger partial charge in [0.2, 0.25) is 0 Å².